The maximum Gasteiger partial charge on any atom is 0.307 e. The lowest BCUT2D eigenvalue weighted by molar-refractivity contribution is -0.148. The molecule has 0 bridgehead atoms. The van der Waals surface area contributed by atoms with Crippen molar-refractivity contribution in [3.05, 3.63) is 23.8 Å². The van der Waals surface area contributed by atoms with Gasteiger partial charge in [0.05, 0.1) is 26.6 Å². The molecule has 6 heteroatoms. The van der Waals surface area contributed by atoms with Gasteiger partial charge in [0, 0.05) is 6.07 Å². The van der Waals surface area contributed by atoms with Crippen molar-refractivity contribution < 1.29 is 29.3 Å². The van der Waals surface area contributed by atoms with E-state index in [1.54, 1.807) is 18.2 Å². The van der Waals surface area contributed by atoms with Crippen molar-refractivity contribution in [2.24, 2.45) is 5.92 Å². The quantitative estimate of drug-likeness (QED) is 0.776. The number of hydrogen-bond acceptors (Lipinski definition) is 4. The van der Waals surface area contributed by atoms with Gasteiger partial charge in [-0.1, -0.05) is 0 Å². The van der Waals surface area contributed by atoms with Gasteiger partial charge in [-0.25, -0.2) is 0 Å². The van der Waals surface area contributed by atoms with Crippen molar-refractivity contribution in [3.63, 3.8) is 0 Å². The zero-order valence-electron chi connectivity index (χ0n) is 10.8. The molecule has 0 amide bonds. The molecule has 1 atom stereocenters. The number of aliphatic carboxylic acids is 2. The van der Waals surface area contributed by atoms with Crippen molar-refractivity contribution >= 4 is 11.9 Å². The van der Waals surface area contributed by atoms with Crippen LogP contribution in [0.2, 0.25) is 0 Å². The van der Waals surface area contributed by atoms with Gasteiger partial charge in [0.1, 0.15) is 11.5 Å². The minimum absolute atomic E-state index is 0.106. The van der Waals surface area contributed by atoms with Crippen LogP contribution in [-0.2, 0) is 16.0 Å². The summed E-state index contributed by atoms with van der Waals surface area (Å²) in [4.78, 5) is 21.7. The Morgan fingerprint density at radius 3 is 2.00 bits per heavy atom. The summed E-state index contributed by atoms with van der Waals surface area (Å²) >= 11 is 0. The molecule has 6 nitrogen and oxygen atoms in total. The Kier molecular flexibility index (Phi) is 5.17. The maximum absolute atomic E-state index is 11.0. The number of hydrogen-bond donors (Lipinski definition) is 2. The fraction of sp³-hybridized carbons (Fsp3) is 0.385. The van der Waals surface area contributed by atoms with E-state index in [4.69, 9.17) is 19.7 Å². The van der Waals surface area contributed by atoms with Crippen LogP contribution in [0, 0.1) is 5.92 Å². The van der Waals surface area contributed by atoms with Gasteiger partial charge in [-0.05, 0) is 24.1 Å². The summed E-state index contributed by atoms with van der Waals surface area (Å²) in [6.45, 7) is 0. The monoisotopic (exact) mass is 268 g/mol. The smallest absolute Gasteiger partial charge is 0.307 e. The number of carboxylic acids is 2. The summed E-state index contributed by atoms with van der Waals surface area (Å²) in [5.74, 6) is -2.18. The predicted octanol–water partition coefficient (Wildman–Crippen LogP) is 1.42. The molecule has 1 unspecified atom stereocenters. The van der Waals surface area contributed by atoms with Crippen LogP contribution in [0.25, 0.3) is 0 Å². The van der Waals surface area contributed by atoms with Crippen LogP contribution in [0.3, 0.4) is 0 Å². The molecule has 19 heavy (non-hydrogen) atoms. The van der Waals surface area contributed by atoms with Crippen LogP contribution in [0.1, 0.15) is 12.0 Å². The minimum atomic E-state index is -1.14. The van der Waals surface area contributed by atoms with Gasteiger partial charge in [-0.2, -0.15) is 0 Å². The second kappa shape index (κ2) is 6.63. The maximum atomic E-state index is 11.0. The van der Waals surface area contributed by atoms with Gasteiger partial charge in [0.25, 0.3) is 0 Å². The summed E-state index contributed by atoms with van der Waals surface area (Å²) in [5.41, 5.74) is 0.657. The molecular weight excluding hydrogens is 252 g/mol. The third-order valence-corrected chi connectivity index (χ3v) is 2.66. The third kappa shape index (κ3) is 4.50. The van der Waals surface area contributed by atoms with Crippen LogP contribution in [0.4, 0.5) is 0 Å². The van der Waals surface area contributed by atoms with Crippen molar-refractivity contribution in [1.82, 2.24) is 0 Å². The van der Waals surface area contributed by atoms with E-state index in [9.17, 15) is 9.59 Å². The Morgan fingerprint density at radius 2 is 1.63 bits per heavy atom. The molecule has 0 aliphatic carbocycles. The zero-order chi connectivity index (χ0) is 14.4. The molecule has 0 aliphatic heterocycles. The van der Waals surface area contributed by atoms with Gasteiger partial charge in [-0.15, -0.1) is 0 Å². The lowest BCUT2D eigenvalue weighted by Gasteiger charge is -2.12. The number of rotatable bonds is 7. The van der Waals surface area contributed by atoms with Gasteiger partial charge in [-0.3, -0.25) is 9.59 Å². The van der Waals surface area contributed by atoms with Crippen molar-refractivity contribution in [2.75, 3.05) is 14.2 Å². The average molecular weight is 268 g/mol. The second-order valence-corrected chi connectivity index (χ2v) is 4.06. The van der Waals surface area contributed by atoms with Crippen molar-refractivity contribution in [1.29, 1.82) is 0 Å². The Morgan fingerprint density at radius 1 is 1.11 bits per heavy atom. The first kappa shape index (κ1) is 14.8. The standard InChI is InChI=1S/C13H16O6/c1-18-10-4-8(5-11(7-10)19-2)3-9(13(16)17)6-12(14)15/h4-5,7,9H,3,6H2,1-2H3,(H,14,15)(H,16,17). The molecule has 0 radical (unpaired) electrons. The second-order valence-electron chi connectivity index (χ2n) is 4.06. The fourth-order valence-electron chi connectivity index (χ4n) is 1.73. The molecule has 0 heterocycles. The van der Waals surface area contributed by atoms with E-state index < -0.39 is 24.3 Å². The Balaban J connectivity index is 2.94. The van der Waals surface area contributed by atoms with Gasteiger partial charge in [0.2, 0.25) is 0 Å². The van der Waals surface area contributed by atoms with E-state index in [2.05, 4.69) is 0 Å². The van der Waals surface area contributed by atoms with Crippen LogP contribution in [0.15, 0.2) is 18.2 Å². The highest BCUT2D eigenvalue weighted by Gasteiger charge is 2.22. The molecular formula is C13H16O6. The van der Waals surface area contributed by atoms with E-state index in [0.717, 1.165) is 0 Å². The highest BCUT2D eigenvalue weighted by atomic mass is 16.5. The topological polar surface area (TPSA) is 93.1 Å². The van der Waals surface area contributed by atoms with Gasteiger partial charge < -0.3 is 19.7 Å². The Bertz CT molecular complexity index is 446. The highest BCUT2D eigenvalue weighted by Crippen LogP contribution is 2.25. The van der Waals surface area contributed by atoms with Crippen LogP contribution in [0.5, 0.6) is 11.5 Å². The molecule has 1 aromatic carbocycles. The molecule has 0 saturated heterocycles. The molecule has 0 aromatic heterocycles. The van der Waals surface area contributed by atoms with Crippen molar-refractivity contribution in [2.45, 2.75) is 12.8 Å². The van der Waals surface area contributed by atoms with Crippen molar-refractivity contribution in [3.8, 4) is 11.5 Å². The van der Waals surface area contributed by atoms with Crippen LogP contribution in [-0.4, -0.2) is 36.4 Å². The highest BCUT2D eigenvalue weighted by molar-refractivity contribution is 5.78. The van der Waals surface area contributed by atoms with Gasteiger partial charge in [0.15, 0.2) is 0 Å². The number of methoxy groups -OCH3 is 2. The molecule has 2 N–H and O–H groups in total. The molecule has 0 saturated carbocycles. The van der Waals surface area contributed by atoms with E-state index in [1.807, 2.05) is 0 Å². The SMILES string of the molecule is COc1cc(CC(CC(=O)O)C(=O)O)cc(OC)c1. The zero-order valence-corrected chi connectivity index (χ0v) is 10.8. The first-order valence-corrected chi connectivity index (χ1v) is 5.62. The van der Waals surface area contributed by atoms with E-state index in [1.165, 1.54) is 14.2 Å². The lowest BCUT2D eigenvalue weighted by Crippen LogP contribution is -2.20. The normalized spacial score (nSPS) is 11.7. The number of carboxylic acid groups (broad SMARTS) is 2. The molecule has 104 valence electrons. The first-order chi connectivity index (χ1) is 8.96. The van der Waals surface area contributed by atoms with Crippen LogP contribution >= 0.6 is 0 Å². The van der Waals surface area contributed by atoms with E-state index in [0.29, 0.717) is 17.1 Å². The molecule has 1 rings (SSSR count). The minimum Gasteiger partial charge on any atom is -0.497 e. The summed E-state index contributed by atoms with van der Waals surface area (Å²) in [7, 11) is 2.98. The average Bonchev–Trinajstić information content (AvgIpc) is 2.36. The summed E-state index contributed by atoms with van der Waals surface area (Å²) < 4.78 is 10.2. The first-order valence-electron chi connectivity index (χ1n) is 5.62. The van der Waals surface area contributed by atoms with E-state index in [-0.39, 0.29) is 6.42 Å². The van der Waals surface area contributed by atoms with Crippen LogP contribution < -0.4 is 9.47 Å². The Hall–Kier alpha value is -2.24. The largest absolute Gasteiger partial charge is 0.497 e. The summed E-state index contributed by atoms with van der Waals surface area (Å²) in [6, 6.07) is 5.00. The molecule has 0 aliphatic rings. The summed E-state index contributed by atoms with van der Waals surface area (Å²) in [5, 5.41) is 17.7. The molecule has 0 fully saturated rings. The fourth-order valence-corrected chi connectivity index (χ4v) is 1.73. The lowest BCUT2D eigenvalue weighted by atomic mass is 9.96. The third-order valence-electron chi connectivity index (χ3n) is 2.66. The number of carbonyl (C=O) groups is 2. The predicted molar refractivity (Wildman–Crippen MR) is 66.6 cm³/mol. The molecule has 0 spiro atoms. The Labute approximate surface area is 110 Å². The number of benzene rings is 1. The van der Waals surface area contributed by atoms with Gasteiger partial charge >= 0.3 is 11.9 Å². The van der Waals surface area contributed by atoms with E-state index >= 15 is 0 Å². The number of ether oxygens (including phenoxy) is 2. The molecule has 1 aromatic rings. The summed E-state index contributed by atoms with van der Waals surface area (Å²) in [6.07, 6.45) is -0.315.